The van der Waals surface area contributed by atoms with Gasteiger partial charge in [-0.2, -0.15) is 0 Å². The van der Waals surface area contributed by atoms with Gasteiger partial charge in [0.2, 0.25) is 0 Å². The van der Waals surface area contributed by atoms with E-state index in [1.807, 2.05) is 18.2 Å². The fourth-order valence-electron chi connectivity index (χ4n) is 5.12. The molecular weight excluding hydrogens is 402 g/mol. The lowest BCUT2D eigenvalue weighted by atomic mass is 9.87. The van der Waals surface area contributed by atoms with Gasteiger partial charge in [0, 0.05) is 37.0 Å². The van der Waals surface area contributed by atoms with Crippen molar-refractivity contribution in [3.05, 3.63) is 58.7 Å². The van der Waals surface area contributed by atoms with Crippen LogP contribution >= 0.6 is 0 Å². The molecule has 0 saturated carbocycles. The smallest absolute Gasteiger partial charge is 0.167 e. The van der Waals surface area contributed by atoms with Crippen LogP contribution in [0, 0.1) is 25.7 Å². The Morgan fingerprint density at radius 1 is 1.09 bits per heavy atom. The molecule has 0 amide bonds. The molecule has 0 aliphatic carbocycles. The number of hydrazine groups is 1. The molecule has 32 heavy (non-hydrogen) atoms. The van der Waals surface area contributed by atoms with Crippen molar-refractivity contribution in [2.45, 2.75) is 32.7 Å². The maximum atomic E-state index is 13.3. The second-order valence-electron chi connectivity index (χ2n) is 9.16. The standard InChI is InChI=1S/C26H35N3O3/c1-17-7-8-18(2)22(12-17)25-21(14-27-28-25)16-29-11-5-6-20(15-29)26(30)19-9-10-23(31-3)24(13-19)32-4/h7-10,12-13,20-21,25,27-28H,5-6,11,14-16H2,1-4H3. The van der Waals surface area contributed by atoms with E-state index in [0.717, 1.165) is 39.0 Å². The monoisotopic (exact) mass is 437 g/mol. The molecule has 2 aromatic rings. The predicted octanol–water partition coefficient (Wildman–Crippen LogP) is 3.68. The summed E-state index contributed by atoms with van der Waals surface area (Å²) in [6.07, 6.45) is 1.98. The third-order valence-electron chi connectivity index (χ3n) is 6.90. The number of methoxy groups -OCH3 is 2. The molecule has 6 nitrogen and oxygen atoms in total. The number of Topliss-reactive ketones (excluding diaryl/α,β-unsaturated/α-hetero) is 1. The van der Waals surface area contributed by atoms with E-state index in [0.29, 0.717) is 23.0 Å². The van der Waals surface area contributed by atoms with Crippen LogP contribution in [-0.2, 0) is 0 Å². The fourth-order valence-corrected chi connectivity index (χ4v) is 5.12. The number of rotatable bonds is 7. The van der Waals surface area contributed by atoms with Crippen molar-refractivity contribution in [2.24, 2.45) is 11.8 Å². The number of likely N-dealkylation sites (tertiary alicyclic amines) is 1. The van der Waals surface area contributed by atoms with E-state index in [1.54, 1.807) is 14.2 Å². The number of benzene rings is 2. The topological polar surface area (TPSA) is 62.8 Å². The zero-order valence-corrected chi connectivity index (χ0v) is 19.6. The largest absolute Gasteiger partial charge is 0.493 e. The lowest BCUT2D eigenvalue weighted by Crippen LogP contribution is -2.42. The van der Waals surface area contributed by atoms with Crippen LogP contribution in [0.3, 0.4) is 0 Å². The molecule has 0 spiro atoms. The van der Waals surface area contributed by atoms with E-state index in [-0.39, 0.29) is 17.7 Å². The van der Waals surface area contributed by atoms with Crippen LogP contribution in [0.5, 0.6) is 11.5 Å². The normalized spacial score (nSPS) is 23.8. The van der Waals surface area contributed by atoms with Gasteiger partial charge in [-0.15, -0.1) is 0 Å². The summed E-state index contributed by atoms with van der Waals surface area (Å²) in [6, 6.07) is 12.4. The predicted molar refractivity (Wildman–Crippen MR) is 126 cm³/mol. The molecule has 2 saturated heterocycles. The minimum atomic E-state index is 0.0170. The number of carbonyl (C=O) groups is 1. The summed E-state index contributed by atoms with van der Waals surface area (Å²) >= 11 is 0. The van der Waals surface area contributed by atoms with Crippen LogP contribution in [0.15, 0.2) is 36.4 Å². The molecular formula is C26H35N3O3. The maximum Gasteiger partial charge on any atom is 0.167 e. The third kappa shape index (κ3) is 4.82. The summed E-state index contributed by atoms with van der Waals surface area (Å²) in [4.78, 5) is 15.7. The van der Waals surface area contributed by atoms with Crippen molar-refractivity contribution in [1.29, 1.82) is 0 Å². The van der Waals surface area contributed by atoms with Gasteiger partial charge in [0.15, 0.2) is 17.3 Å². The van der Waals surface area contributed by atoms with Gasteiger partial charge in [0.25, 0.3) is 0 Å². The first kappa shape index (κ1) is 22.8. The van der Waals surface area contributed by atoms with E-state index < -0.39 is 0 Å². The van der Waals surface area contributed by atoms with Crippen LogP contribution in [0.25, 0.3) is 0 Å². The Labute approximate surface area is 191 Å². The Morgan fingerprint density at radius 3 is 2.69 bits per heavy atom. The van der Waals surface area contributed by atoms with Gasteiger partial charge in [0.05, 0.1) is 20.3 Å². The first-order chi connectivity index (χ1) is 15.5. The first-order valence-corrected chi connectivity index (χ1v) is 11.5. The van der Waals surface area contributed by atoms with Crippen molar-refractivity contribution >= 4 is 5.78 Å². The van der Waals surface area contributed by atoms with Crippen LogP contribution in [0.2, 0.25) is 0 Å². The quantitative estimate of drug-likeness (QED) is 0.645. The lowest BCUT2D eigenvalue weighted by Gasteiger charge is -2.35. The lowest BCUT2D eigenvalue weighted by molar-refractivity contribution is 0.0798. The zero-order valence-electron chi connectivity index (χ0n) is 19.6. The number of ketones is 1. The van der Waals surface area contributed by atoms with Crippen molar-refractivity contribution in [2.75, 3.05) is 40.4 Å². The molecule has 0 radical (unpaired) electrons. The van der Waals surface area contributed by atoms with Crippen LogP contribution in [0.1, 0.15) is 45.9 Å². The highest BCUT2D eigenvalue weighted by molar-refractivity contribution is 5.98. The van der Waals surface area contributed by atoms with Gasteiger partial charge >= 0.3 is 0 Å². The molecule has 0 bridgehead atoms. The third-order valence-corrected chi connectivity index (χ3v) is 6.90. The molecule has 2 heterocycles. The minimum Gasteiger partial charge on any atom is -0.493 e. The van der Waals surface area contributed by atoms with Crippen molar-refractivity contribution in [3.8, 4) is 11.5 Å². The molecule has 2 N–H and O–H groups in total. The summed E-state index contributed by atoms with van der Waals surface area (Å²) < 4.78 is 10.7. The SMILES string of the molecule is COc1ccc(C(=O)C2CCCN(CC3CNNC3c3cc(C)ccc3C)C2)cc1OC. The Bertz CT molecular complexity index is 961. The Balaban J connectivity index is 1.44. The van der Waals surface area contributed by atoms with Crippen molar-refractivity contribution in [1.82, 2.24) is 15.8 Å². The van der Waals surface area contributed by atoms with Gasteiger partial charge in [-0.05, 0) is 62.6 Å². The second-order valence-corrected chi connectivity index (χ2v) is 9.16. The Morgan fingerprint density at radius 2 is 1.91 bits per heavy atom. The number of aryl methyl sites for hydroxylation is 2. The highest BCUT2D eigenvalue weighted by Crippen LogP contribution is 2.32. The second kappa shape index (κ2) is 10.0. The summed E-state index contributed by atoms with van der Waals surface area (Å²) in [7, 11) is 3.21. The zero-order chi connectivity index (χ0) is 22.7. The number of piperidine rings is 1. The number of ether oxygens (including phenoxy) is 2. The molecule has 2 aliphatic rings. The molecule has 3 unspecified atom stereocenters. The number of hydrogen-bond donors (Lipinski definition) is 2. The number of carbonyl (C=O) groups excluding carboxylic acids is 1. The molecule has 6 heteroatoms. The van der Waals surface area contributed by atoms with Gasteiger partial charge in [-0.25, -0.2) is 5.43 Å². The van der Waals surface area contributed by atoms with E-state index in [2.05, 4.69) is 47.8 Å². The summed E-state index contributed by atoms with van der Waals surface area (Å²) in [5.41, 5.74) is 11.5. The molecule has 2 aromatic carbocycles. The molecule has 0 aromatic heterocycles. The Hall–Kier alpha value is -2.41. The Kier molecular flexibility index (Phi) is 7.13. The minimum absolute atomic E-state index is 0.0170. The van der Waals surface area contributed by atoms with E-state index in [1.165, 1.54) is 16.7 Å². The van der Waals surface area contributed by atoms with Gasteiger partial charge in [-0.1, -0.05) is 23.8 Å². The fraction of sp³-hybridized carbons (Fsp3) is 0.500. The average Bonchev–Trinajstić information content (AvgIpc) is 3.27. The summed E-state index contributed by atoms with van der Waals surface area (Å²) in [5.74, 6) is 1.93. The van der Waals surface area contributed by atoms with E-state index >= 15 is 0 Å². The first-order valence-electron chi connectivity index (χ1n) is 11.5. The summed E-state index contributed by atoms with van der Waals surface area (Å²) in [5, 5.41) is 0. The number of nitrogens with one attached hydrogen (secondary N) is 2. The number of hydrogen-bond acceptors (Lipinski definition) is 6. The molecule has 172 valence electrons. The highest BCUT2D eigenvalue weighted by Gasteiger charge is 2.33. The summed E-state index contributed by atoms with van der Waals surface area (Å²) in [6.45, 7) is 8.10. The highest BCUT2D eigenvalue weighted by atomic mass is 16.5. The van der Waals surface area contributed by atoms with Gasteiger partial charge < -0.3 is 14.4 Å². The van der Waals surface area contributed by atoms with E-state index in [4.69, 9.17) is 9.47 Å². The molecule has 2 aliphatic heterocycles. The number of nitrogens with zero attached hydrogens (tertiary/aromatic N) is 1. The maximum absolute atomic E-state index is 13.3. The van der Waals surface area contributed by atoms with Crippen molar-refractivity contribution in [3.63, 3.8) is 0 Å². The molecule has 3 atom stereocenters. The van der Waals surface area contributed by atoms with Crippen molar-refractivity contribution < 1.29 is 14.3 Å². The van der Waals surface area contributed by atoms with Gasteiger partial charge in [0.1, 0.15) is 0 Å². The van der Waals surface area contributed by atoms with Gasteiger partial charge in [-0.3, -0.25) is 10.2 Å². The van der Waals surface area contributed by atoms with E-state index in [9.17, 15) is 4.79 Å². The van der Waals surface area contributed by atoms with Crippen LogP contribution in [-0.4, -0.2) is 51.1 Å². The molecule has 4 rings (SSSR count). The average molecular weight is 438 g/mol. The van der Waals surface area contributed by atoms with Crippen LogP contribution in [0.4, 0.5) is 0 Å². The molecule has 2 fully saturated rings. The van der Waals surface area contributed by atoms with Crippen LogP contribution < -0.4 is 20.3 Å².